The number of nitrogens with zero attached hydrogens (tertiary/aromatic N) is 3. The molecular weight excluding hydrogens is 296 g/mol. The Bertz CT molecular complexity index is 1030. The van der Waals surface area contributed by atoms with Gasteiger partial charge in [0.2, 0.25) is 0 Å². The van der Waals surface area contributed by atoms with Gasteiger partial charge in [-0.1, -0.05) is 18.2 Å². The molecule has 2 N–H and O–H groups in total. The number of benzene rings is 1. The molecule has 0 fully saturated rings. The zero-order valence-corrected chi connectivity index (χ0v) is 12.6. The minimum atomic E-state index is -0.315. The van der Waals surface area contributed by atoms with Gasteiger partial charge >= 0.3 is 0 Å². The van der Waals surface area contributed by atoms with E-state index in [9.17, 15) is 4.79 Å². The molecule has 1 aliphatic rings. The first-order valence-corrected chi connectivity index (χ1v) is 7.58. The van der Waals surface area contributed by atoms with Gasteiger partial charge < -0.3 is 5.73 Å². The summed E-state index contributed by atoms with van der Waals surface area (Å²) in [5, 5.41) is 0. The van der Waals surface area contributed by atoms with Gasteiger partial charge in [0.05, 0.1) is 11.3 Å². The summed E-state index contributed by atoms with van der Waals surface area (Å²) in [5.74, 6) is 0.407. The molecule has 3 heterocycles. The fourth-order valence-electron chi connectivity index (χ4n) is 2.54. The Kier molecular flexibility index (Phi) is 2.74. The lowest BCUT2D eigenvalue weighted by atomic mass is 10.1. The average molecular weight is 308 g/mol. The molecule has 108 valence electrons. The summed E-state index contributed by atoms with van der Waals surface area (Å²) in [6.45, 7) is 1.96. The second-order valence-electron chi connectivity index (χ2n) is 5.09. The third-order valence-electron chi connectivity index (χ3n) is 3.59. The van der Waals surface area contributed by atoms with Crippen LogP contribution in [-0.4, -0.2) is 15.6 Å². The maximum absolute atomic E-state index is 12.3. The van der Waals surface area contributed by atoms with Crippen LogP contribution in [0.1, 0.15) is 16.0 Å². The average Bonchev–Trinajstić information content (AvgIpc) is 3.07. The summed E-state index contributed by atoms with van der Waals surface area (Å²) in [4.78, 5) is 22.4. The number of allylic oxidation sites excluding steroid dienone is 1. The Balaban J connectivity index is 1.95. The standard InChI is InChI=1S/C16H12N4OS/c1-9-8-20-14(17)12(15(21)19-16(20)22-9)6-10-7-18-13-5-3-2-4-11(10)13/h2-8H,17H2,1H3/b10-6+. The summed E-state index contributed by atoms with van der Waals surface area (Å²) in [7, 11) is 0. The monoisotopic (exact) mass is 308 g/mol. The summed E-state index contributed by atoms with van der Waals surface area (Å²) in [5.41, 5.74) is 9.01. The van der Waals surface area contributed by atoms with Crippen LogP contribution in [0.15, 0.2) is 40.2 Å². The number of thiazole rings is 1. The number of aryl methyl sites for hydroxylation is 1. The molecule has 6 heteroatoms. The van der Waals surface area contributed by atoms with E-state index in [-0.39, 0.29) is 5.56 Å². The number of nitrogen functional groups attached to an aromatic ring is 1. The molecule has 2 aromatic heterocycles. The van der Waals surface area contributed by atoms with Gasteiger partial charge in [0, 0.05) is 28.4 Å². The van der Waals surface area contributed by atoms with Gasteiger partial charge in [-0.2, -0.15) is 4.98 Å². The third-order valence-corrected chi connectivity index (χ3v) is 4.49. The molecule has 0 aliphatic carbocycles. The van der Waals surface area contributed by atoms with Crippen LogP contribution in [-0.2, 0) is 0 Å². The molecule has 1 aliphatic heterocycles. The summed E-state index contributed by atoms with van der Waals surface area (Å²) >= 11 is 1.45. The van der Waals surface area contributed by atoms with Crippen LogP contribution < -0.4 is 11.3 Å². The van der Waals surface area contributed by atoms with E-state index < -0.39 is 0 Å². The van der Waals surface area contributed by atoms with E-state index in [1.54, 1.807) is 16.7 Å². The highest BCUT2D eigenvalue weighted by Gasteiger charge is 2.15. The SMILES string of the molecule is Cc1cn2c(N)c(/C=C3\C=Nc4ccccc43)c(=O)nc2s1. The van der Waals surface area contributed by atoms with Crippen molar-refractivity contribution in [2.24, 2.45) is 4.99 Å². The number of para-hydroxylation sites is 1. The van der Waals surface area contributed by atoms with Crippen LogP contribution in [0.2, 0.25) is 0 Å². The Labute approximate surface area is 130 Å². The second-order valence-corrected chi connectivity index (χ2v) is 6.30. The normalized spacial score (nSPS) is 14.9. The molecule has 22 heavy (non-hydrogen) atoms. The Hall–Kier alpha value is -2.73. The molecule has 0 bridgehead atoms. The van der Waals surface area contributed by atoms with Crippen LogP contribution in [0.5, 0.6) is 0 Å². The quantitative estimate of drug-likeness (QED) is 0.751. The Morgan fingerprint density at radius 3 is 3.00 bits per heavy atom. The van der Waals surface area contributed by atoms with Crippen molar-refractivity contribution in [3.05, 3.63) is 56.8 Å². The van der Waals surface area contributed by atoms with Crippen molar-refractivity contribution in [1.29, 1.82) is 0 Å². The molecule has 0 amide bonds. The van der Waals surface area contributed by atoms with Crippen LogP contribution in [0, 0.1) is 6.92 Å². The van der Waals surface area contributed by atoms with E-state index >= 15 is 0 Å². The molecule has 1 aromatic carbocycles. The van der Waals surface area contributed by atoms with Crippen molar-refractivity contribution in [2.75, 3.05) is 5.73 Å². The fourth-order valence-corrected chi connectivity index (χ4v) is 3.36. The number of hydrogen-bond acceptors (Lipinski definition) is 5. The van der Waals surface area contributed by atoms with E-state index in [1.807, 2.05) is 37.4 Å². The van der Waals surface area contributed by atoms with Gasteiger partial charge in [0.25, 0.3) is 5.56 Å². The molecule has 5 nitrogen and oxygen atoms in total. The van der Waals surface area contributed by atoms with E-state index in [2.05, 4.69) is 9.98 Å². The Morgan fingerprint density at radius 2 is 2.14 bits per heavy atom. The fraction of sp³-hybridized carbons (Fsp3) is 0.0625. The molecule has 0 unspecified atom stereocenters. The van der Waals surface area contributed by atoms with Crippen molar-refractivity contribution in [3.8, 4) is 0 Å². The van der Waals surface area contributed by atoms with Gasteiger partial charge in [-0.15, -0.1) is 11.3 Å². The van der Waals surface area contributed by atoms with Crippen molar-refractivity contribution in [3.63, 3.8) is 0 Å². The number of aliphatic imine (C=N–C) groups is 1. The summed E-state index contributed by atoms with van der Waals surface area (Å²) in [6, 6.07) is 7.79. The first-order valence-electron chi connectivity index (χ1n) is 6.77. The summed E-state index contributed by atoms with van der Waals surface area (Å²) in [6.07, 6.45) is 5.40. The highest BCUT2D eigenvalue weighted by molar-refractivity contribution is 7.16. The van der Waals surface area contributed by atoms with Gasteiger partial charge in [0.1, 0.15) is 5.82 Å². The molecule has 0 saturated heterocycles. The molecule has 0 saturated carbocycles. The predicted octanol–water partition coefficient (Wildman–Crippen LogP) is 2.90. The lowest BCUT2D eigenvalue weighted by Gasteiger charge is -2.04. The van der Waals surface area contributed by atoms with Crippen molar-refractivity contribution in [1.82, 2.24) is 9.38 Å². The van der Waals surface area contributed by atoms with Gasteiger partial charge in [-0.3, -0.25) is 14.2 Å². The molecule has 0 spiro atoms. The predicted molar refractivity (Wildman–Crippen MR) is 91.0 cm³/mol. The topological polar surface area (TPSA) is 72.8 Å². The van der Waals surface area contributed by atoms with E-state index in [4.69, 9.17) is 5.73 Å². The highest BCUT2D eigenvalue weighted by Crippen LogP contribution is 2.32. The zero-order chi connectivity index (χ0) is 15.3. The number of rotatable bonds is 1. The van der Waals surface area contributed by atoms with Gasteiger partial charge in [0.15, 0.2) is 4.96 Å². The van der Waals surface area contributed by atoms with Gasteiger partial charge in [-0.25, -0.2) is 0 Å². The lowest BCUT2D eigenvalue weighted by molar-refractivity contribution is 1.11. The number of hydrogen-bond donors (Lipinski definition) is 1. The van der Waals surface area contributed by atoms with Crippen molar-refractivity contribution in [2.45, 2.75) is 6.92 Å². The maximum Gasteiger partial charge on any atom is 0.283 e. The van der Waals surface area contributed by atoms with Gasteiger partial charge in [-0.05, 0) is 19.1 Å². The van der Waals surface area contributed by atoms with E-state index in [1.165, 1.54) is 11.3 Å². The van der Waals surface area contributed by atoms with E-state index in [0.29, 0.717) is 16.3 Å². The minimum Gasteiger partial charge on any atom is -0.384 e. The first-order chi connectivity index (χ1) is 10.6. The minimum absolute atomic E-state index is 0.315. The smallest absolute Gasteiger partial charge is 0.283 e. The molecule has 0 radical (unpaired) electrons. The van der Waals surface area contributed by atoms with Crippen LogP contribution in [0.25, 0.3) is 16.6 Å². The van der Waals surface area contributed by atoms with Crippen LogP contribution >= 0.6 is 11.3 Å². The Morgan fingerprint density at radius 1 is 1.32 bits per heavy atom. The molecule has 0 atom stereocenters. The molecular formula is C16H12N4OS. The third kappa shape index (κ3) is 1.88. The summed E-state index contributed by atoms with van der Waals surface area (Å²) < 4.78 is 1.76. The number of aromatic nitrogens is 2. The molecule has 4 rings (SSSR count). The zero-order valence-electron chi connectivity index (χ0n) is 11.8. The molecule has 3 aromatic rings. The lowest BCUT2D eigenvalue weighted by Crippen LogP contribution is -2.15. The van der Waals surface area contributed by atoms with Crippen molar-refractivity contribution < 1.29 is 0 Å². The second kappa shape index (κ2) is 4.64. The van der Waals surface area contributed by atoms with Crippen LogP contribution in [0.3, 0.4) is 0 Å². The number of fused-ring (bicyclic) bond motifs is 2. The number of nitrogens with two attached hydrogens (primary N) is 1. The number of anilines is 1. The van der Waals surface area contributed by atoms with Crippen molar-refractivity contribution >= 4 is 45.7 Å². The highest BCUT2D eigenvalue weighted by atomic mass is 32.1. The first kappa shape index (κ1) is 13.0. The van der Waals surface area contributed by atoms with Crippen LogP contribution in [0.4, 0.5) is 11.5 Å². The van der Waals surface area contributed by atoms with E-state index in [0.717, 1.165) is 21.7 Å². The largest absolute Gasteiger partial charge is 0.384 e. The maximum atomic E-state index is 12.3.